The Morgan fingerprint density at radius 1 is 1.22 bits per heavy atom. The van der Waals surface area contributed by atoms with Gasteiger partial charge in [0.15, 0.2) is 0 Å². The minimum atomic E-state index is -0.623. The van der Waals surface area contributed by atoms with E-state index < -0.39 is 5.72 Å². The van der Waals surface area contributed by atoms with E-state index in [4.69, 9.17) is 4.74 Å². The van der Waals surface area contributed by atoms with E-state index in [0.29, 0.717) is 31.5 Å². The quantitative estimate of drug-likeness (QED) is 0.840. The van der Waals surface area contributed by atoms with Crippen molar-refractivity contribution in [2.45, 2.75) is 38.0 Å². The fraction of sp³-hybridized carbons (Fsp3) is 0.579. The topological polar surface area (TPSA) is 73.9 Å². The second-order valence-corrected chi connectivity index (χ2v) is 7.41. The van der Waals surface area contributed by atoms with Crippen molar-refractivity contribution in [3.63, 3.8) is 0 Å². The minimum absolute atomic E-state index is 0.0821. The summed E-state index contributed by atoms with van der Waals surface area (Å²) < 4.78 is 20.0. The maximum Gasteiger partial charge on any atom is 0.317 e. The molecule has 0 aliphatic carbocycles. The van der Waals surface area contributed by atoms with E-state index in [1.165, 1.54) is 6.07 Å². The molecular formula is C19H25FN4O3. The zero-order valence-electron chi connectivity index (χ0n) is 15.3. The molecule has 8 heteroatoms. The van der Waals surface area contributed by atoms with Crippen molar-refractivity contribution in [3.05, 3.63) is 29.6 Å². The summed E-state index contributed by atoms with van der Waals surface area (Å²) in [7, 11) is 0. The highest BCUT2D eigenvalue weighted by molar-refractivity contribution is 5.80. The highest BCUT2D eigenvalue weighted by Gasteiger charge is 2.42. The molecule has 3 aliphatic heterocycles. The lowest BCUT2D eigenvalue weighted by Gasteiger charge is -2.38. The number of carbonyl (C=O) groups is 2. The minimum Gasteiger partial charge on any atom is -0.371 e. The van der Waals surface area contributed by atoms with Gasteiger partial charge in [0.1, 0.15) is 18.1 Å². The van der Waals surface area contributed by atoms with E-state index in [1.54, 1.807) is 11.0 Å². The van der Waals surface area contributed by atoms with Crippen LogP contribution in [-0.4, -0.2) is 55.3 Å². The van der Waals surface area contributed by atoms with Gasteiger partial charge in [0.05, 0.1) is 0 Å². The van der Waals surface area contributed by atoms with Crippen LogP contribution >= 0.6 is 0 Å². The first-order valence-corrected chi connectivity index (χ1v) is 9.56. The Balaban J connectivity index is 1.35. The molecule has 2 N–H and O–H groups in total. The number of rotatable bonds is 3. The Bertz CT molecular complexity index is 728. The summed E-state index contributed by atoms with van der Waals surface area (Å²) in [4.78, 5) is 27.8. The largest absolute Gasteiger partial charge is 0.371 e. The van der Waals surface area contributed by atoms with E-state index in [-0.39, 0.29) is 30.9 Å². The first-order valence-electron chi connectivity index (χ1n) is 9.56. The Hall–Kier alpha value is -2.35. The molecule has 3 amide bonds. The smallest absolute Gasteiger partial charge is 0.317 e. The lowest BCUT2D eigenvalue weighted by molar-refractivity contribution is -0.119. The second kappa shape index (κ2) is 7.34. The standard InChI is InChI=1S/C19H25FN4O3/c20-15-4-3-5-16(23-8-1-2-9-23)14(15)12-21-18(26)24-10-6-19(7-11-24)22-17(25)13-27-19/h3-5H,1-2,6-13H2,(H,21,26)(H,22,25). The van der Waals surface area contributed by atoms with Crippen LogP contribution < -0.4 is 15.5 Å². The maximum absolute atomic E-state index is 14.4. The molecule has 3 fully saturated rings. The number of anilines is 1. The fourth-order valence-corrected chi connectivity index (χ4v) is 4.12. The van der Waals surface area contributed by atoms with E-state index in [0.717, 1.165) is 31.6 Å². The molecule has 1 aromatic rings. The van der Waals surface area contributed by atoms with Crippen molar-refractivity contribution >= 4 is 17.6 Å². The second-order valence-electron chi connectivity index (χ2n) is 7.41. The summed E-state index contributed by atoms with van der Waals surface area (Å²) in [5.74, 6) is -0.402. The molecule has 0 atom stereocenters. The molecule has 3 heterocycles. The van der Waals surface area contributed by atoms with Gasteiger partial charge in [0.2, 0.25) is 5.91 Å². The summed E-state index contributed by atoms with van der Waals surface area (Å²) in [5.41, 5.74) is 0.780. The van der Waals surface area contributed by atoms with E-state index >= 15 is 0 Å². The third-order valence-corrected chi connectivity index (χ3v) is 5.66. The highest BCUT2D eigenvalue weighted by atomic mass is 19.1. The van der Waals surface area contributed by atoms with E-state index in [2.05, 4.69) is 15.5 Å². The van der Waals surface area contributed by atoms with Gasteiger partial charge in [-0.1, -0.05) is 6.07 Å². The van der Waals surface area contributed by atoms with Crippen LogP contribution in [-0.2, 0) is 16.1 Å². The van der Waals surface area contributed by atoms with Gasteiger partial charge in [0, 0.05) is 56.8 Å². The summed E-state index contributed by atoms with van der Waals surface area (Å²) in [5, 5.41) is 5.71. The van der Waals surface area contributed by atoms with Crippen molar-refractivity contribution in [2.24, 2.45) is 0 Å². The van der Waals surface area contributed by atoms with Gasteiger partial charge in [-0.05, 0) is 25.0 Å². The molecule has 0 bridgehead atoms. The number of hydrogen-bond acceptors (Lipinski definition) is 4. The van der Waals surface area contributed by atoms with Gasteiger partial charge in [-0.3, -0.25) is 4.79 Å². The first kappa shape index (κ1) is 18.0. The number of nitrogens with zero attached hydrogens (tertiary/aromatic N) is 2. The number of ether oxygens (including phenoxy) is 1. The first-order chi connectivity index (χ1) is 13.1. The summed E-state index contributed by atoms with van der Waals surface area (Å²) in [6, 6.07) is 4.85. The molecule has 3 saturated heterocycles. The average Bonchev–Trinajstić information content (AvgIpc) is 3.31. The molecule has 0 unspecified atom stereocenters. The monoisotopic (exact) mass is 376 g/mol. The zero-order valence-corrected chi connectivity index (χ0v) is 15.3. The molecule has 7 nitrogen and oxygen atoms in total. The summed E-state index contributed by atoms with van der Waals surface area (Å²) >= 11 is 0. The van der Waals surface area contributed by atoms with Crippen LogP contribution in [0.5, 0.6) is 0 Å². The SMILES string of the molecule is O=C1COC2(CCN(C(=O)NCc3c(F)cccc3N3CCCC3)CC2)N1. The van der Waals surface area contributed by atoms with Crippen molar-refractivity contribution < 1.29 is 18.7 Å². The number of nitrogens with one attached hydrogen (secondary N) is 2. The maximum atomic E-state index is 14.4. The molecule has 0 aromatic heterocycles. The Labute approximate surface area is 157 Å². The third-order valence-electron chi connectivity index (χ3n) is 5.66. The van der Waals surface area contributed by atoms with E-state index in [1.807, 2.05) is 6.07 Å². The van der Waals surface area contributed by atoms with Gasteiger partial charge in [-0.2, -0.15) is 0 Å². The lowest BCUT2D eigenvalue weighted by Crippen LogP contribution is -2.54. The third kappa shape index (κ3) is 3.71. The number of amides is 3. The molecule has 1 aromatic carbocycles. The van der Waals surface area contributed by atoms with Crippen molar-refractivity contribution in [2.75, 3.05) is 37.7 Å². The van der Waals surface area contributed by atoms with Crippen LogP contribution in [0.1, 0.15) is 31.2 Å². The van der Waals surface area contributed by atoms with E-state index in [9.17, 15) is 14.0 Å². The van der Waals surface area contributed by atoms with Crippen LogP contribution in [0.15, 0.2) is 18.2 Å². The number of benzene rings is 1. The number of halogens is 1. The molecule has 3 aliphatic rings. The van der Waals surface area contributed by atoms with Crippen LogP contribution in [0.3, 0.4) is 0 Å². The normalized spacial score (nSPS) is 21.6. The number of carbonyl (C=O) groups excluding carboxylic acids is 2. The number of likely N-dealkylation sites (tertiary alicyclic amines) is 1. The molecule has 0 radical (unpaired) electrons. The van der Waals surface area contributed by atoms with Crippen molar-refractivity contribution in [3.8, 4) is 0 Å². The summed E-state index contributed by atoms with van der Waals surface area (Å²) in [6.45, 7) is 3.06. The predicted molar refractivity (Wildman–Crippen MR) is 97.7 cm³/mol. The van der Waals surface area contributed by atoms with Gasteiger partial charge in [-0.15, -0.1) is 0 Å². The molecule has 4 rings (SSSR count). The van der Waals surface area contributed by atoms with Crippen LogP contribution in [0.25, 0.3) is 0 Å². The molecular weight excluding hydrogens is 351 g/mol. The fourth-order valence-electron chi connectivity index (χ4n) is 4.12. The Kier molecular flexibility index (Phi) is 4.90. The lowest BCUT2D eigenvalue weighted by atomic mass is 10.0. The van der Waals surface area contributed by atoms with Gasteiger partial charge in [0.25, 0.3) is 0 Å². The number of piperidine rings is 1. The summed E-state index contributed by atoms with van der Waals surface area (Å²) in [6.07, 6.45) is 3.34. The van der Waals surface area contributed by atoms with Crippen molar-refractivity contribution in [1.82, 2.24) is 15.5 Å². The van der Waals surface area contributed by atoms with Crippen LogP contribution in [0.4, 0.5) is 14.9 Å². The molecule has 1 spiro atoms. The van der Waals surface area contributed by atoms with Crippen LogP contribution in [0.2, 0.25) is 0 Å². The number of hydrogen-bond donors (Lipinski definition) is 2. The Morgan fingerprint density at radius 2 is 1.96 bits per heavy atom. The molecule has 146 valence electrons. The average molecular weight is 376 g/mol. The highest BCUT2D eigenvalue weighted by Crippen LogP contribution is 2.28. The Morgan fingerprint density at radius 3 is 2.63 bits per heavy atom. The van der Waals surface area contributed by atoms with Gasteiger partial charge < -0.3 is 25.2 Å². The van der Waals surface area contributed by atoms with Crippen LogP contribution in [0, 0.1) is 5.82 Å². The number of urea groups is 1. The van der Waals surface area contributed by atoms with Crippen molar-refractivity contribution in [1.29, 1.82) is 0 Å². The van der Waals surface area contributed by atoms with Gasteiger partial charge in [-0.25, -0.2) is 9.18 Å². The predicted octanol–water partition coefficient (Wildman–Crippen LogP) is 1.57. The molecule has 0 saturated carbocycles. The van der Waals surface area contributed by atoms with Gasteiger partial charge >= 0.3 is 6.03 Å². The molecule has 27 heavy (non-hydrogen) atoms. The zero-order chi connectivity index (χ0) is 18.9.